The summed E-state index contributed by atoms with van der Waals surface area (Å²) in [4.78, 5) is 23.2. The summed E-state index contributed by atoms with van der Waals surface area (Å²) in [6, 6.07) is 4.77. The number of nitrogens with two attached hydrogens (primary N) is 1. The van der Waals surface area contributed by atoms with Crippen molar-refractivity contribution in [3.8, 4) is 0 Å². The van der Waals surface area contributed by atoms with Crippen molar-refractivity contribution in [3.63, 3.8) is 0 Å². The fourth-order valence-electron chi connectivity index (χ4n) is 1.80. The summed E-state index contributed by atoms with van der Waals surface area (Å²) in [5, 5.41) is 7.86. The van der Waals surface area contributed by atoms with Crippen LogP contribution in [0.25, 0.3) is 0 Å². The summed E-state index contributed by atoms with van der Waals surface area (Å²) >= 11 is 12.0. The molecule has 3 amide bonds. The molecule has 0 aliphatic heterocycles. The van der Waals surface area contributed by atoms with Crippen molar-refractivity contribution in [2.45, 2.75) is 26.8 Å². The van der Waals surface area contributed by atoms with Gasteiger partial charge in [-0.15, -0.1) is 0 Å². The van der Waals surface area contributed by atoms with Crippen LogP contribution in [0.5, 0.6) is 0 Å². The van der Waals surface area contributed by atoms with Crippen LogP contribution in [0.15, 0.2) is 18.2 Å². The first-order chi connectivity index (χ1) is 10.3. The van der Waals surface area contributed by atoms with Gasteiger partial charge in [-0.2, -0.15) is 0 Å². The number of carbonyl (C=O) groups is 2. The van der Waals surface area contributed by atoms with Gasteiger partial charge in [0.25, 0.3) is 5.91 Å². The molecule has 1 atom stereocenters. The number of quaternary nitrogens is 1. The molecule has 22 heavy (non-hydrogen) atoms. The van der Waals surface area contributed by atoms with E-state index in [-0.39, 0.29) is 18.5 Å². The summed E-state index contributed by atoms with van der Waals surface area (Å²) in [6.45, 7) is 6.55. The van der Waals surface area contributed by atoms with Crippen LogP contribution < -0.4 is 16.0 Å². The van der Waals surface area contributed by atoms with Gasteiger partial charge < -0.3 is 10.6 Å². The predicted octanol–water partition coefficient (Wildman–Crippen LogP) is 2.10. The highest BCUT2D eigenvalue weighted by Crippen LogP contribution is 2.24. The first-order valence-electron chi connectivity index (χ1n) is 7.15. The van der Waals surface area contributed by atoms with Crippen LogP contribution in [0.3, 0.4) is 0 Å². The Balaban J connectivity index is 2.41. The standard InChI is InChI=1S/C15H21Cl2N3O2/c1-9(2)7-19-15(22)20-14(21)8-18-10(3)12-5-4-11(16)6-13(12)17/h4-6,9-10,18H,7-8H2,1-3H3,(H2,19,20,21,22)/p+1/t10-/m0/s1. The number of nitrogens with one attached hydrogen (secondary N) is 2. The zero-order chi connectivity index (χ0) is 16.7. The highest BCUT2D eigenvalue weighted by atomic mass is 35.5. The lowest BCUT2D eigenvalue weighted by Gasteiger charge is -2.13. The monoisotopic (exact) mass is 346 g/mol. The molecule has 0 aromatic heterocycles. The van der Waals surface area contributed by atoms with Gasteiger partial charge in [0.05, 0.1) is 5.02 Å². The Bertz CT molecular complexity index is 536. The van der Waals surface area contributed by atoms with E-state index in [9.17, 15) is 9.59 Å². The number of imide groups is 1. The third-order valence-corrected chi connectivity index (χ3v) is 3.60. The number of benzene rings is 1. The molecule has 1 rings (SSSR count). The van der Waals surface area contributed by atoms with Crippen molar-refractivity contribution >= 4 is 35.1 Å². The van der Waals surface area contributed by atoms with E-state index in [2.05, 4.69) is 10.6 Å². The predicted molar refractivity (Wildman–Crippen MR) is 88.0 cm³/mol. The van der Waals surface area contributed by atoms with Crippen LogP contribution in [-0.2, 0) is 4.79 Å². The molecule has 0 aliphatic carbocycles. The summed E-state index contributed by atoms with van der Waals surface area (Å²) < 4.78 is 0. The summed E-state index contributed by atoms with van der Waals surface area (Å²) in [7, 11) is 0. The molecule has 5 nitrogen and oxygen atoms in total. The van der Waals surface area contributed by atoms with Crippen molar-refractivity contribution in [1.29, 1.82) is 0 Å². The van der Waals surface area contributed by atoms with Crippen LogP contribution >= 0.6 is 23.2 Å². The average Bonchev–Trinajstić information content (AvgIpc) is 2.42. The van der Waals surface area contributed by atoms with Crippen molar-refractivity contribution in [2.24, 2.45) is 5.92 Å². The first kappa shape index (κ1) is 18.7. The SMILES string of the molecule is CC(C)CNC(=O)NC(=O)C[NH2+][C@@H](C)c1ccc(Cl)cc1Cl. The van der Waals surface area contributed by atoms with E-state index in [0.717, 1.165) is 5.56 Å². The molecule has 0 heterocycles. The maximum Gasteiger partial charge on any atom is 0.321 e. The zero-order valence-electron chi connectivity index (χ0n) is 13.0. The Morgan fingerprint density at radius 3 is 2.50 bits per heavy atom. The molecule has 7 heteroatoms. The molecule has 0 spiro atoms. The maximum atomic E-state index is 11.7. The van der Waals surface area contributed by atoms with Gasteiger partial charge >= 0.3 is 6.03 Å². The summed E-state index contributed by atoms with van der Waals surface area (Å²) in [6.07, 6.45) is 0. The van der Waals surface area contributed by atoms with Gasteiger partial charge in [0.1, 0.15) is 6.04 Å². The molecule has 0 unspecified atom stereocenters. The Morgan fingerprint density at radius 1 is 1.23 bits per heavy atom. The van der Waals surface area contributed by atoms with Crippen molar-refractivity contribution in [2.75, 3.05) is 13.1 Å². The van der Waals surface area contributed by atoms with Crippen molar-refractivity contribution in [3.05, 3.63) is 33.8 Å². The summed E-state index contributed by atoms with van der Waals surface area (Å²) in [5.74, 6) is -0.0160. The molecule has 0 bridgehead atoms. The molecule has 0 saturated carbocycles. The third kappa shape index (κ3) is 6.64. The highest BCUT2D eigenvalue weighted by Gasteiger charge is 2.16. The Kier molecular flexibility index (Phi) is 7.65. The quantitative estimate of drug-likeness (QED) is 0.737. The topological polar surface area (TPSA) is 74.8 Å². The normalized spacial score (nSPS) is 12.1. The lowest BCUT2D eigenvalue weighted by atomic mass is 10.1. The van der Waals surface area contributed by atoms with E-state index in [0.29, 0.717) is 22.5 Å². The van der Waals surface area contributed by atoms with Gasteiger partial charge in [0.15, 0.2) is 6.54 Å². The molecule has 0 fully saturated rings. The van der Waals surface area contributed by atoms with E-state index >= 15 is 0 Å². The van der Waals surface area contributed by atoms with E-state index in [1.54, 1.807) is 17.4 Å². The number of hydrogen-bond donors (Lipinski definition) is 3. The highest BCUT2D eigenvalue weighted by molar-refractivity contribution is 6.35. The molecule has 0 aliphatic rings. The third-order valence-electron chi connectivity index (χ3n) is 3.03. The van der Waals surface area contributed by atoms with E-state index in [1.807, 2.05) is 26.8 Å². The van der Waals surface area contributed by atoms with E-state index in [4.69, 9.17) is 23.2 Å². The fraction of sp³-hybridized carbons (Fsp3) is 0.467. The van der Waals surface area contributed by atoms with Crippen LogP contribution in [0.2, 0.25) is 10.0 Å². The smallest absolute Gasteiger partial charge is 0.321 e. The Morgan fingerprint density at radius 2 is 1.91 bits per heavy atom. The minimum Gasteiger partial charge on any atom is -0.338 e. The first-order valence-corrected chi connectivity index (χ1v) is 7.91. The molecular formula is C15H22Cl2N3O2+. The number of hydrogen-bond acceptors (Lipinski definition) is 2. The molecule has 0 saturated heterocycles. The number of halogens is 2. The Hall–Kier alpha value is -1.30. The molecule has 0 radical (unpaired) electrons. The molecule has 1 aromatic rings. The molecule has 122 valence electrons. The zero-order valence-corrected chi connectivity index (χ0v) is 14.5. The number of rotatable bonds is 6. The number of amides is 3. The Labute approximate surface area is 140 Å². The van der Waals surface area contributed by atoms with Crippen LogP contribution in [0.4, 0.5) is 4.79 Å². The second-order valence-electron chi connectivity index (χ2n) is 5.55. The fourth-order valence-corrected chi connectivity index (χ4v) is 2.38. The van der Waals surface area contributed by atoms with Gasteiger partial charge in [-0.05, 0) is 25.0 Å². The summed E-state index contributed by atoms with van der Waals surface area (Å²) in [5.41, 5.74) is 0.892. The maximum absolute atomic E-state index is 11.7. The lowest BCUT2D eigenvalue weighted by Crippen LogP contribution is -2.87. The molecule has 4 N–H and O–H groups in total. The van der Waals surface area contributed by atoms with E-state index in [1.165, 1.54) is 0 Å². The van der Waals surface area contributed by atoms with Crippen molar-refractivity contribution < 1.29 is 14.9 Å². The van der Waals surface area contributed by atoms with Gasteiger partial charge in [-0.1, -0.05) is 43.1 Å². The average molecular weight is 347 g/mol. The van der Waals surface area contributed by atoms with Crippen LogP contribution in [0.1, 0.15) is 32.4 Å². The molecular weight excluding hydrogens is 325 g/mol. The number of urea groups is 1. The second kappa shape index (κ2) is 8.98. The van der Waals surface area contributed by atoms with Crippen LogP contribution in [-0.4, -0.2) is 25.0 Å². The van der Waals surface area contributed by atoms with Crippen LogP contribution in [0, 0.1) is 5.92 Å². The minimum absolute atomic E-state index is 0.0192. The molecule has 1 aromatic carbocycles. The van der Waals surface area contributed by atoms with Gasteiger partial charge in [0, 0.05) is 17.1 Å². The van der Waals surface area contributed by atoms with E-state index < -0.39 is 6.03 Å². The lowest BCUT2D eigenvalue weighted by molar-refractivity contribution is -0.682. The van der Waals surface area contributed by atoms with Gasteiger partial charge in [0.2, 0.25) is 0 Å². The van der Waals surface area contributed by atoms with Gasteiger partial charge in [-0.3, -0.25) is 10.1 Å². The largest absolute Gasteiger partial charge is 0.338 e. The van der Waals surface area contributed by atoms with Crippen molar-refractivity contribution in [1.82, 2.24) is 10.6 Å². The minimum atomic E-state index is -0.468. The van der Waals surface area contributed by atoms with Gasteiger partial charge in [-0.25, -0.2) is 4.79 Å². The second-order valence-corrected chi connectivity index (χ2v) is 6.39. The number of carbonyl (C=O) groups excluding carboxylic acids is 2.